The lowest BCUT2D eigenvalue weighted by atomic mass is 10.1. The zero-order valence-electron chi connectivity index (χ0n) is 12.3. The van der Waals surface area contributed by atoms with Gasteiger partial charge in [0.1, 0.15) is 5.00 Å². The largest absolute Gasteiger partial charge is 0.465 e. The van der Waals surface area contributed by atoms with E-state index in [1.54, 1.807) is 0 Å². The van der Waals surface area contributed by atoms with Crippen LogP contribution in [-0.4, -0.2) is 37.0 Å². The van der Waals surface area contributed by atoms with Crippen LogP contribution < -0.4 is 5.32 Å². The number of carbonyl (C=O) groups excluding carboxylic acids is 2. The predicted octanol–water partition coefficient (Wildman–Crippen LogP) is 3.92. The van der Waals surface area contributed by atoms with Crippen molar-refractivity contribution in [2.75, 3.05) is 12.4 Å². The molecule has 0 saturated heterocycles. The number of alkyl halides is 7. The van der Waals surface area contributed by atoms with Crippen molar-refractivity contribution in [3.05, 3.63) is 16.0 Å². The SMILES string of the molecule is COC(=O)c1c(NC(=O)C(F)(F)C(F)(F)C(F)(F)F)sc(C)c1C. The van der Waals surface area contributed by atoms with E-state index < -0.39 is 40.5 Å². The maximum atomic E-state index is 13.3. The number of anilines is 1. The van der Waals surface area contributed by atoms with Crippen LogP contribution in [0.25, 0.3) is 0 Å². The summed E-state index contributed by atoms with van der Waals surface area (Å²) in [6, 6.07) is 0. The Bertz CT molecular complexity index is 666. The van der Waals surface area contributed by atoms with Gasteiger partial charge in [-0.2, -0.15) is 30.7 Å². The number of aryl methyl sites for hydroxylation is 1. The van der Waals surface area contributed by atoms with E-state index in [1.807, 2.05) is 0 Å². The lowest BCUT2D eigenvalue weighted by molar-refractivity contribution is -0.343. The Labute approximate surface area is 134 Å². The standard InChI is InChI=1S/C12H10F7NO3S/c1-4-5(2)24-7(6(4)8(21)23-3)20-9(22)10(13,14)11(15,16)12(17,18)19/h1-3H3,(H,20,22). The molecule has 0 unspecified atom stereocenters. The molecule has 0 aliphatic heterocycles. The molecule has 0 aliphatic rings. The number of amides is 1. The van der Waals surface area contributed by atoms with E-state index in [4.69, 9.17) is 0 Å². The molecule has 0 aliphatic carbocycles. The third kappa shape index (κ3) is 3.19. The maximum absolute atomic E-state index is 13.3. The highest BCUT2D eigenvalue weighted by atomic mass is 32.1. The van der Waals surface area contributed by atoms with E-state index in [9.17, 15) is 40.3 Å². The summed E-state index contributed by atoms with van der Waals surface area (Å²) in [7, 11) is 0.937. The Balaban J connectivity index is 3.26. The molecule has 1 N–H and O–H groups in total. The van der Waals surface area contributed by atoms with Crippen molar-refractivity contribution in [1.29, 1.82) is 0 Å². The van der Waals surface area contributed by atoms with E-state index in [-0.39, 0.29) is 5.56 Å². The second-order valence-electron chi connectivity index (χ2n) is 4.58. The monoisotopic (exact) mass is 381 g/mol. The van der Waals surface area contributed by atoms with Crippen molar-refractivity contribution >= 4 is 28.2 Å². The van der Waals surface area contributed by atoms with Gasteiger partial charge < -0.3 is 10.1 Å². The first-order chi connectivity index (χ1) is 10.7. The fourth-order valence-electron chi connectivity index (χ4n) is 1.57. The van der Waals surface area contributed by atoms with E-state index in [2.05, 4.69) is 4.74 Å². The molecule has 1 aromatic heterocycles. The first kappa shape index (κ1) is 20.2. The zero-order valence-corrected chi connectivity index (χ0v) is 13.1. The van der Waals surface area contributed by atoms with Crippen LogP contribution in [0.5, 0.6) is 0 Å². The second kappa shape index (κ2) is 6.22. The highest BCUT2D eigenvalue weighted by molar-refractivity contribution is 7.16. The number of esters is 1. The molecule has 0 saturated carbocycles. The molecular weight excluding hydrogens is 371 g/mol. The molecule has 24 heavy (non-hydrogen) atoms. The van der Waals surface area contributed by atoms with Crippen molar-refractivity contribution < 1.29 is 45.1 Å². The van der Waals surface area contributed by atoms with Crippen molar-refractivity contribution in [1.82, 2.24) is 0 Å². The molecule has 0 atom stereocenters. The first-order valence-electron chi connectivity index (χ1n) is 6.00. The average molecular weight is 381 g/mol. The summed E-state index contributed by atoms with van der Waals surface area (Å²) < 4.78 is 92.9. The molecule has 0 bridgehead atoms. The van der Waals surface area contributed by atoms with Crippen LogP contribution in [0.2, 0.25) is 0 Å². The summed E-state index contributed by atoms with van der Waals surface area (Å²) in [5, 5.41) is 0.643. The van der Waals surface area contributed by atoms with Crippen molar-refractivity contribution in [2.24, 2.45) is 0 Å². The minimum absolute atomic E-state index is 0.202. The van der Waals surface area contributed by atoms with Gasteiger partial charge in [0.2, 0.25) is 0 Å². The van der Waals surface area contributed by atoms with Gasteiger partial charge in [0.05, 0.1) is 12.7 Å². The van der Waals surface area contributed by atoms with E-state index in [0.29, 0.717) is 16.2 Å². The molecule has 12 heteroatoms. The second-order valence-corrected chi connectivity index (χ2v) is 5.80. The van der Waals surface area contributed by atoms with Gasteiger partial charge in [-0.25, -0.2) is 4.79 Å². The summed E-state index contributed by atoms with van der Waals surface area (Å²) in [4.78, 5) is 23.2. The van der Waals surface area contributed by atoms with Gasteiger partial charge in [0, 0.05) is 4.88 Å². The van der Waals surface area contributed by atoms with Crippen molar-refractivity contribution in [2.45, 2.75) is 31.9 Å². The highest BCUT2D eigenvalue weighted by Crippen LogP contribution is 2.47. The van der Waals surface area contributed by atoms with Crippen molar-refractivity contribution in [3.63, 3.8) is 0 Å². The Morgan fingerprint density at radius 3 is 1.96 bits per heavy atom. The molecule has 4 nitrogen and oxygen atoms in total. The summed E-state index contributed by atoms with van der Waals surface area (Å²) in [6.45, 7) is 2.78. The Morgan fingerprint density at radius 1 is 1.04 bits per heavy atom. The smallest absolute Gasteiger partial charge is 0.460 e. The summed E-state index contributed by atoms with van der Waals surface area (Å²) in [6.07, 6.45) is -6.64. The third-order valence-electron chi connectivity index (χ3n) is 3.04. The number of ether oxygens (including phenoxy) is 1. The van der Waals surface area contributed by atoms with Gasteiger partial charge >= 0.3 is 29.9 Å². The quantitative estimate of drug-likeness (QED) is 0.635. The van der Waals surface area contributed by atoms with Gasteiger partial charge in [-0.3, -0.25) is 4.79 Å². The molecular formula is C12H10F7NO3S. The molecule has 0 fully saturated rings. The third-order valence-corrected chi connectivity index (χ3v) is 4.16. The van der Waals surface area contributed by atoms with E-state index in [1.165, 1.54) is 19.2 Å². The van der Waals surface area contributed by atoms with E-state index in [0.717, 1.165) is 7.11 Å². The number of hydrogen-bond acceptors (Lipinski definition) is 4. The number of methoxy groups -OCH3 is 1. The summed E-state index contributed by atoms with van der Waals surface area (Å²) in [5.74, 6) is -16.6. The molecule has 0 aromatic carbocycles. The predicted molar refractivity (Wildman–Crippen MR) is 69.7 cm³/mol. The molecule has 0 radical (unpaired) electrons. The number of hydrogen-bond donors (Lipinski definition) is 1. The zero-order chi connectivity index (χ0) is 19.1. The Hall–Kier alpha value is -1.85. The van der Waals surface area contributed by atoms with Crippen molar-refractivity contribution in [3.8, 4) is 0 Å². The number of nitrogens with one attached hydrogen (secondary N) is 1. The van der Waals surface area contributed by atoms with Crippen LogP contribution in [-0.2, 0) is 9.53 Å². The van der Waals surface area contributed by atoms with Crippen LogP contribution >= 0.6 is 11.3 Å². The molecule has 1 aromatic rings. The van der Waals surface area contributed by atoms with Crippen LogP contribution in [0, 0.1) is 13.8 Å². The van der Waals surface area contributed by atoms with Crippen LogP contribution in [0.4, 0.5) is 35.7 Å². The van der Waals surface area contributed by atoms with Gasteiger partial charge in [0.15, 0.2) is 0 Å². The fraction of sp³-hybridized carbons (Fsp3) is 0.500. The minimum Gasteiger partial charge on any atom is -0.465 e. The Kier molecular flexibility index (Phi) is 5.24. The van der Waals surface area contributed by atoms with Crippen LogP contribution in [0.15, 0.2) is 0 Å². The highest BCUT2D eigenvalue weighted by Gasteiger charge is 2.76. The summed E-state index contributed by atoms with van der Waals surface area (Å²) >= 11 is 0.555. The number of rotatable bonds is 4. The summed E-state index contributed by atoms with van der Waals surface area (Å²) in [5.41, 5.74) is -0.201. The van der Waals surface area contributed by atoms with Gasteiger partial charge in [-0.1, -0.05) is 0 Å². The average Bonchev–Trinajstić information content (AvgIpc) is 2.71. The molecule has 136 valence electrons. The maximum Gasteiger partial charge on any atom is 0.460 e. The minimum atomic E-state index is -6.64. The van der Waals surface area contributed by atoms with Crippen LogP contribution in [0.3, 0.4) is 0 Å². The van der Waals surface area contributed by atoms with Gasteiger partial charge in [0.25, 0.3) is 0 Å². The number of halogens is 7. The topological polar surface area (TPSA) is 55.4 Å². The van der Waals surface area contributed by atoms with E-state index >= 15 is 0 Å². The normalized spacial score (nSPS) is 12.9. The fourth-order valence-corrected chi connectivity index (χ4v) is 2.61. The lowest BCUT2D eigenvalue weighted by Crippen LogP contribution is -2.57. The Morgan fingerprint density at radius 2 is 1.54 bits per heavy atom. The number of thiophene rings is 1. The number of carbonyl (C=O) groups is 2. The molecule has 0 spiro atoms. The van der Waals surface area contributed by atoms with Gasteiger partial charge in [-0.15, -0.1) is 11.3 Å². The molecule has 1 amide bonds. The molecule has 1 rings (SSSR count). The lowest BCUT2D eigenvalue weighted by Gasteiger charge is -2.26. The van der Waals surface area contributed by atoms with Gasteiger partial charge in [-0.05, 0) is 19.4 Å². The molecule has 1 heterocycles. The van der Waals surface area contributed by atoms with Crippen LogP contribution in [0.1, 0.15) is 20.8 Å². The first-order valence-corrected chi connectivity index (χ1v) is 6.82.